The Kier molecular flexibility index (Phi) is 4.25. The maximum atomic E-state index is 12.2. The zero-order chi connectivity index (χ0) is 13.1. The third-order valence-corrected chi connectivity index (χ3v) is 4.09. The number of carbonyl (C=O) groups is 2. The second-order valence-electron chi connectivity index (χ2n) is 5.75. The Balaban J connectivity index is 1.77. The van der Waals surface area contributed by atoms with Crippen molar-refractivity contribution in [3.63, 3.8) is 0 Å². The fraction of sp³-hybridized carbons (Fsp3) is 0.857. The quantitative estimate of drug-likeness (QED) is 0.822. The molecule has 2 rings (SSSR count). The van der Waals surface area contributed by atoms with Gasteiger partial charge in [-0.15, -0.1) is 0 Å². The number of rotatable bonds is 4. The molecule has 102 valence electrons. The molecular weight excluding hydrogens is 228 g/mol. The van der Waals surface area contributed by atoms with Crippen LogP contribution in [0.4, 0.5) is 0 Å². The van der Waals surface area contributed by atoms with Gasteiger partial charge in [-0.25, -0.2) is 0 Å². The van der Waals surface area contributed by atoms with E-state index in [4.69, 9.17) is 0 Å². The van der Waals surface area contributed by atoms with E-state index in [1.165, 1.54) is 0 Å². The van der Waals surface area contributed by atoms with E-state index in [2.05, 4.69) is 12.2 Å². The van der Waals surface area contributed by atoms with Crippen LogP contribution in [0.25, 0.3) is 0 Å². The first-order valence-electron chi connectivity index (χ1n) is 7.20. The van der Waals surface area contributed by atoms with E-state index in [-0.39, 0.29) is 23.7 Å². The molecule has 4 heteroatoms. The van der Waals surface area contributed by atoms with Crippen molar-refractivity contribution in [2.75, 3.05) is 19.6 Å². The van der Waals surface area contributed by atoms with Gasteiger partial charge >= 0.3 is 0 Å². The smallest absolute Gasteiger partial charge is 0.226 e. The highest BCUT2D eigenvalue weighted by atomic mass is 16.2. The van der Waals surface area contributed by atoms with Gasteiger partial charge in [-0.2, -0.15) is 0 Å². The average Bonchev–Trinajstić information content (AvgIpc) is 3.16. The Labute approximate surface area is 109 Å². The van der Waals surface area contributed by atoms with E-state index in [9.17, 15) is 9.59 Å². The molecule has 1 aliphatic carbocycles. The molecule has 0 spiro atoms. The lowest BCUT2D eigenvalue weighted by molar-refractivity contribution is -0.135. The third kappa shape index (κ3) is 3.03. The minimum absolute atomic E-state index is 0.0322. The summed E-state index contributed by atoms with van der Waals surface area (Å²) in [4.78, 5) is 25.9. The molecule has 2 fully saturated rings. The van der Waals surface area contributed by atoms with Crippen molar-refractivity contribution in [1.82, 2.24) is 10.2 Å². The van der Waals surface area contributed by atoms with Gasteiger partial charge < -0.3 is 10.2 Å². The summed E-state index contributed by atoms with van der Waals surface area (Å²) in [5.74, 6) is 0.926. The van der Waals surface area contributed by atoms with E-state index < -0.39 is 0 Å². The van der Waals surface area contributed by atoms with Gasteiger partial charge in [-0.3, -0.25) is 9.59 Å². The van der Waals surface area contributed by atoms with Gasteiger partial charge in [0.2, 0.25) is 11.8 Å². The van der Waals surface area contributed by atoms with Crippen molar-refractivity contribution < 1.29 is 9.59 Å². The summed E-state index contributed by atoms with van der Waals surface area (Å²) in [6.07, 6.45) is 3.90. The monoisotopic (exact) mass is 252 g/mol. The maximum Gasteiger partial charge on any atom is 0.226 e. The minimum atomic E-state index is -0.0524. The van der Waals surface area contributed by atoms with E-state index >= 15 is 0 Å². The number of amides is 2. The Morgan fingerprint density at radius 3 is 2.50 bits per heavy atom. The Morgan fingerprint density at radius 1 is 1.22 bits per heavy atom. The van der Waals surface area contributed by atoms with E-state index in [0.29, 0.717) is 0 Å². The van der Waals surface area contributed by atoms with Gasteiger partial charge in [0.1, 0.15) is 0 Å². The molecule has 0 aromatic carbocycles. The molecule has 1 N–H and O–H groups in total. The first-order chi connectivity index (χ1) is 8.63. The lowest BCUT2D eigenvalue weighted by atomic mass is 9.99. The van der Waals surface area contributed by atoms with Crippen molar-refractivity contribution >= 4 is 11.8 Å². The van der Waals surface area contributed by atoms with Crippen LogP contribution < -0.4 is 5.32 Å². The zero-order valence-electron chi connectivity index (χ0n) is 11.4. The lowest BCUT2D eigenvalue weighted by Crippen LogP contribution is -2.39. The van der Waals surface area contributed by atoms with Gasteiger partial charge in [-0.05, 0) is 31.6 Å². The molecule has 1 heterocycles. The standard InChI is InChI=1S/C14H24N2O2/c1-3-6-15-13(17)11-9-12(11)14(18)16-7-4-10(2)5-8-16/h10-12H,3-9H2,1-2H3,(H,15,17). The van der Waals surface area contributed by atoms with Crippen molar-refractivity contribution in [1.29, 1.82) is 0 Å². The number of likely N-dealkylation sites (tertiary alicyclic amines) is 1. The number of nitrogens with zero attached hydrogens (tertiary/aromatic N) is 1. The molecule has 0 radical (unpaired) electrons. The summed E-state index contributed by atoms with van der Waals surface area (Å²) in [5.41, 5.74) is 0. The molecule has 1 aliphatic heterocycles. The fourth-order valence-electron chi connectivity index (χ4n) is 2.60. The number of hydrogen-bond acceptors (Lipinski definition) is 2. The Morgan fingerprint density at radius 2 is 1.89 bits per heavy atom. The first-order valence-corrected chi connectivity index (χ1v) is 7.20. The summed E-state index contributed by atoms with van der Waals surface area (Å²) in [6, 6.07) is 0. The number of hydrogen-bond donors (Lipinski definition) is 1. The van der Waals surface area contributed by atoms with Crippen LogP contribution >= 0.6 is 0 Å². The molecule has 4 nitrogen and oxygen atoms in total. The highest BCUT2D eigenvalue weighted by Gasteiger charge is 2.49. The van der Waals surface area contributed by atoms with Gasteiger partial charge in [0.25, 0.3) is 0 Å². The summed E-state index contributed by atoms with van der Waals surface area (Å²) in [6.45, 7) is 6.74. The topological polar surface area (TPSA) is 49.4 Å². The van der Waals surface area contributed by atoms with Crippen LogP contribution in [0.2, 0.25) is 0 Å². The SMILES string of the molecule is CCCNC(=O)C1CC1C(=O)N1CCC(C)CC1. The van der Waals surface area contributed by atoms with Crippen LogP contribution in [0, 0.1) is 17.8 Å². The predicted octanol–water partition coefficient (Wildman–Crippen LogP) is 1.41. The Hall–Kier alpha value is -1.06. The molecule has 2 aliphatic rings. The molecule has 2 unspecified atom stereocenters. The molecule has 1 saturated carbocycles. The summed E-state index contributed by atoms with van der Waals surface area (Å²) < 4.78 is 0. The maximum absolute atomic E-state index is 12.2. The number of piperidine rings is 1. The molecule has 2 amide bonds. The number of carbonyl (C=O) groups excluding carboxylic acids is 2. The molecule has 1 saturated heterocycles. The lowest BCUT2D eigenvalue weighted by Gasteiger charge is -2.30. The van der Waals surface area contributed by atoms with Crippen molar-refractivity contribution in [2.24, 2.45) is 17.8 Å². The van der Waals surface area contributed by atoms with Crippen LogP contribution in [0.1, 0.15) is 39.5 Å². The molecular formula is C14H24N2O2. The predicted molar refractivity (Wildman–Crippen MR) is 69.9 cm³/mol. The van der Waals surface area contributed by atoms with Crippen molar-refractivity contribution in [3.8, 4) is 0 Å². The van der Waals surface area contributed by atoms with Gasteiger partial charge in [0, 0.05) is 19.6 Å². The van der Waals surface area contributed by atoms with Crippen LogP contribution in [0.3, 0.4) is 0 Å². The summed E-state index contributed by atoms with van der Waals surface area (Å²) in [7, 11) is 0. The third-order valence-electron chi connectivity index (χ3n) is 4.09. The molecule has 18 heavy (non-hydrogen) atoms. The van der Waals surface area contributed by atoms with Gasteiger partial charge in [0.05, 0.1) is 11.8 Å². The van der Waals surface area contributed by atoms with Gasteiger partial charge in [0.15, 0.2) is 0 Å². The minimum Gasteiger partial charge on any atom is -0.356 e. The average molecular weight is 252 g/mol. The van der Waals surface area contributed by atoms with Crippen LogP contribution in [0.15, 0.2) is 0 Å². The second kappa shape index (κ2) is 5.72. The highest BCUT2D eigenvalue weighted by Crippen LogP contribution is 2.40. The summed E-state index contributed by atoms with van der Waals surface area (Å²) in [5, 5.41) is 2.88. The van der Waals surface area contributed by atoms with Gasteiger partial charge in [-0.1, -0.05) is 13.8 Å². The fourth-order valence-corrected chi connectivity index (χ4v) is 2.60. The Bertz CT molecular complexity index is 322. The van der Waals surface area contributed by atoms with Crippen molar-refractivity contribution in [3.05, 3.63) is 0 Å². The normalized spacial score (nSPS) is 28.0. The second-order valence-corrected chi connectivity index (χ2v) is 5.75. The summed E-state index contributed by atoms with van der Waals surface area (Å²) >= 11 is 0. The number of nitrogens with one attached hydrogen (secondary N) is 1. The molecule has 0 bridgehead atoms. The van der Waals surface area contributed by atoms with Crippen LogP contribution in [0.5, 0.6) is 0 Å². The molecule has 0 aromatic rings. The largest absolute Gasteiger partial charge is 0.356 e. The van der Waals surface area contributed by atoms with E-state index in [0.717, 1.165) is 51.2 Å². The first kappa shape index (κ1) is 13.4. The van der Waals surface area contributed by atoms with Crippen molar-refractivity contribution in [2.45, 2.75) is 39.5 Å². The highest BCUT2D eigenvalue weighted by molar-refractivity contribution is 5.92. The molecule has 2 atom stereocenters. The van der Waals surface area contributed by atoms with Crippen LogP contribution in [-0.2, 0) is 9.59 Å². The zero-order valence-corrected chi connectivity index (χ0v) is 11.4. The van der Waals surface area contributed by atoms with E-state index in [1.54, 1.807) is 0 Å². The van der Waals surface area contributed by atoms with E-state index in [1.807, 2.05) is 11.8 Å². The van der Waals surface area contributed by atoms with Crippen LogP contribution in [-0.4, -0.2) is 36.3 Å². The molecule has 0 aromatic heterocycles.